The lowest BCUT2D eigenvalue weighted by Crippen LogP contribution is -2.13. The van der Waals surface area contributed by atoms with Gasteiger partial charge in [0.25, 0.3) is 0 Å². The molecule has 0 saturated carbocycles. The average molecular weight is 304 g/mol. The molecule has 21 heavy (non-hydrogen) atoms. The van der Waals surface area contributed by atoms with Crippen molar-refractivity contribution >= 4 is 17.3 Å². The number of aliphatic carboxylic acids is 1. The molecule has 2 rings (SSSR count). The van der Waals surface area contributed by atoms with E-state index in [1.807, 2.05) is 44.4 Å². The number of rotatable bonds is 7. The standard InChI is InChI=1S/C16H20N2O2S/c1-18(2)10-6-9-14-17-16(12-7-4-3-5-8-12)13(21-14)11-15(19)20/h3-5,7-8H,6,9-11H2,1-2H3,(H,19,20). The smallest absolute Gasteiger partial charge is 0.308 e. The van der Waals surface area contributed by atoms with Crippen LogP contribution in [0.1, 0.15) is 16.3 Å². The van der Waals surface area contributed by atoms with Gasteiger partial charge in [0.05, 0.1) is 17.1 Å². The molecule has 4 nitrogen and oxygen atoms in total. The molecule has 112 valence electrons. The molecular formula is C16H20N2O2S. The molecule has 0 aliphatic rings. The van der Waals surface area contributed by atoms with Crippen molar-refractivity contribution in [3.05, 3.63) is 40.2 Å². The first-order chi connectivity index (χ1) is 10.1. The minimum Gasteiger partial charge on any atom is -0.481 e. The van der Waals surface area contributed by atoms with Gasteiger partial charge < -0.3 is 10.0 Å². The van der Waals surface area contributed by atoms with Gasteiger partial charge in [-0.3, -0.25) is 4.79 Å². The van der Waals surface area contributed by atoms with E-state index in [4.69, 9.17) is 5.11 Å². The quantitative estimate of drug-likeness (QED) is 0.854. The Balaban J connectivity index is 2.21. The summed E-state index contributed by atoms with van der Waals surface area (Å²) < 4.78 is 0. The lowest BCUT2D eigenvalue weighted by molar-refractivity contribution is -0.136. The van der Waals surface area contributed by atoms with Crippen molar-refractivity contribution in [1.29, 1.82) is 0 Å². The van der Waals surface area contributed by atoms with Crippen LogP contribution >= 0.6 is 11.3 Å². The zero-order chi connectivity index (χ0) is 15.2. The fraction of sp³-hybridized carbons (Fsp3) is 0.375. The second-order valence-corrected chi connectivity index (χ2v) is 6.39. The molecule has 0 unspecified atom stereocenters. The monoisotopic (exact) mass is 304 g/mol. The Bertz CT molecular complexity index is 594. The highest BCUT2D eigenvalue weighted by Crippen LogP contribution is 2.29. The summed E-state index contributed by atoms with van der Waals surface area (Å²) in [5.41, 5.74) is 1.81. The molecule has 0 fully saturated rings. The average Bonchev–Trinajstić information content (AvgIpc) is 2.81. The van der Waals surface area contributed by atoms with Gasteiger partial charge in [-0.25, -0.2) is 4.98 Å². The molecule has 1 heterocycles. The summed E-state index contributed by atoms with van der Waals surface area (Å²) in [5.74, 6) is -0.810. The molecule has 5 heteroatoms. The number of benzene rings is 1. The van der Waals surface area contributed by atoms with Gasteiger partial charge in [0.15, 0.2) is 0 Å². The number of hydrogen-bond acceptors (Lipinski definition) is 4. The number of carbonyl (C=O) groups is 1. The van der Waals surface area contributed by atoms with Crippen molar-refractivity contribution in [2.45, 2.75) is 19.3 Å². The zero-order valence-electron chi connectivity index (χ0n) is 12.4. The Morgan fingerprint density at radius 1 is 1.29 bits per heavy atom. The predicted molar refractivity (Wildman–Crippen MR) is 85.8 cm³/mol. The van der Waals surface area contributed by atoms with Crippen LogP contribution in [-0.4, -0.2) is 41.6 Å². The number of hydrogen-bond donors (Lipinski definition) is 1. The fourth-order valence-electron chi connectivity index (χ4n) is 2.13. The van der Waals surface area contributed by atoms with Gasteiger partial charge in [0.1, 0.15) is 0 Å². The molecule has 0 atom stereocenters. The topological polar surface area (TPSA) is 53.4 Å². The predicted octanol–water partition coefficient (Wildman–Crippen LogP) is 2.93. The fourth-order valence-corrected chi connectivity index (χ4v) is 3.26. The SMILES string of the molecule is CN(C)CCCc1nc(-c2ccccc2)c(CC(=O)O)s1. The van der Waals surface area contributed by atoms with Crippen molar-refractivity contribution in [2.24, 2.45) is 0 Å². The Kier molecular flexibility index (Phi) is 5.47. The summed E-state index contributed by atoms with van der Waals surface area (Å²) >= 11 is 1.52. The van der Waals surface area contributed by atoms with Crippen LogP contribution < -0.4 is 0 Å². The molecule has 0 saturated heterocycles. The van der Waals surface area contributed by atoms with Gasteiger partial charge in [-0.05, 0) is 27.1 Å². The Morgan fingerprint density at radius 2 is 2.00 bits per heavy atom. The third-order valence-corrected chi connectivity index (χ3v) is 4.21. The third kappa shape index (κ3) is 4.65. The number of carboxylic acids is 1. The largest absolute Gasteiger partial charge is 0.481 e. The van der Waals surface area contributed by atoms with Gasteiger partial charge in [-0.1, -0.05) is 30.3 Å². The first kappa shape index (κ1) is 15.7. The van der Waals surface area contributed by atoms with Crippen LogP contribution in [0.5, 0.6) is 0 Å². The Labute approximate surface area is 129 Å². The molecule has 1 aromatic carbocycles. The van der Waals surface area contributed by atoms with E-state index in [9.17, 15) is 4.79 Å². The summed E-state index contributed by atoms with van der Waals surface area (Å²) in [6, 6.07) is 9.80. The van der Waals surface area contributed by atoms with E-state index in [-0.39, 0.29) is 6.42 Å². The third-order valence-electron chi connectivity index (χ3n) is 3.10. The van der Waals surface area contributed by atoms with Crippen molar-refractivity contribution in [2.75, 3.05) is 20.6 Å². The molecule has 0 amide bonds. The van der Waals surface area contributed by atoms with Crippen molar-refractivity contribution < 1.29 is 9.90 Å². The summed E-state index contributed by atoms with van der Waals surface area (Å²) in [4.78, 5) is 18.7. The van der Waals surface area contributed by atoms with Gasteiger partial charge in [0.2, 0.25) is 0 Å². The van der Waals surface area contributed by atoms with Gasteiger partial charge in [-0.2, -0.15) is 0 Å². The maximum atomic E-state index is 11.0. The van der Waals surface area contributed by atoms with Crippen LogP contribution in [0, 0.1) is 0 Å². The molecule has 1 aromatic heterocycles. The number of aryl methyl sites for hydroxylation is 1. The lowest BCUT2D eigenvalue weighted by atomic mass is 10.1. The highest BCUT2D eigenvalue weighted by atomic mass is 32.1. The number of carboxylic acid groups (broad SMARTS) is 1. The molecule has 0 radical (unpaired) electrons. The van der Waals surface area contributed by atoms with Crippen LogP contribution in [-0.2, 0) is 17.6 Å². The van der Waals surface area contributed by atoms with E-state index in [2.05, 4.69) is 9.88 Å². The maximum absolute atomic E-state index is 11.0. The molecule has 0 aliphatic carbocycles. The number of aromatic nitrogens is 1. The second-order valence-electron chi connectivity index (χ2n) is 5.22. The lowest BCUT2D eigenvalue weighted by Gasteiger charge is -2.07. The van der Waals surface area contributed by atoms with E-state index in [0.717, 1.165) is 40.5 Å². The van der Waals surface area contributed by atoms with Crippen LogP contribution in [0.2, 0.25) is 0 Å². The van der Waals surface area contributed by atoms with Crippen LogP contribution in [0.15, 0.2) is 30.3 Å². The summed E-state index contributed by atoms with van der Waals surface area (Å²) in [5, 5.41) is 10.1. The maximum Gasteiger partial charge on any atom is 0.308 e. The zero-order valence-corrected chi connectivity index (χ0v) is 13.2. The minimum atomic E-state index is -0.810. The van der Waals surface area contributed by atoms with Crippen molar-refractivity contribution in [3.63, 3.8) is 0 Å². The number of thiazole rings is 1. The van der Waals surface area contributed by atoms with E-state index in [0.29, 0.717) is 0 Å². The second kappa shape index (κ2) is 7.33. The first-order valence-corrected chi connectivity index (χ1v) is 7.78. The summed E-state index contributed by atoms with van der Waals surface area (Å²) in [6.07, 6.45) is 1.96. The number of nitrogens with zero attached hydrogens (tertiary/aromatic N) is 2. The highest BCUT2D eigenvalue weighted by Gasteiger charge is 2.15. The molecule has 0 aliphatic heterocycles. The Hall–Kier alpha value is -1.72. The van der Waals surface area contributed by atoms with Crippen molar-refractivity contribution in [1.82, 2.24) is 9.88 Å². The van der Waals surface area contributed by atoms with Gasteiger partial charge >= 0.3 is 5.97 Å². The van der Waals surface area contributed by atoms with E-state index >= 15 is 0 Å². The van der Waals surface area contributed by atoms with E-state index in [1.54, 1.807) is 0 Å². The summed E-state index contributed by atoms with van der Waals surface area (Å²) in [7, 11) is 4.10. The summed E-state index contributed by atoms with van der Waals surface area (Å²) in [6.45, 7) is 1.01. The molecule has 2 aromatic rings. The molecular weight excluding hydrogens is 284 g/mol. The molecule has 0 spiro atoms. The van der Waals surface area contributed by atoms with Crippen molar-refractivity contribution in [3.8, 4) is 11.3 Å². The van der Waals surface area contributed by atoms with Crippen LogP contribution in [0.4, 0.5) is 0 Å². The highest BCUT2D eigenvalue weighted by molar-refractivity contribution is 7.12. The molecule has 0 bridgehead atoms. The van der Waals surface area contributed by atoms with Crippen LogP contribution in [0.3, 0.4) is 0 Å². The normalized spacial score (nSPS) is 11.0. The van der Waals surface area contributed by atoms with Gasteiger partial charge in [0, 0.05) is 16.9 Å². The Morgan fingerprint density at radius 3 is 2.62 bits per heavy atom. The first-order valence-electron chi connectivity index (χ1n) is 6.97. The van der Waals surface area contributed by atoms with E-state index in [1.165, 1.54) is 11.3 Å². The minimum absolute atomic E-state index is 0.0373. The van der Waals surface area contributed by atoms with Crippen LogP contribution in [0.25, 0.3) is 11.3 Å². The van der Waals surface area contributed by atoms with E-state index < -0.39 is 5.97 Å². The molecule has 1 N–H and O–H groups in total. The van der Waals surface area contributed by atoms with Gasteiger partial charge in [-0.15, -0.1) is 11.3 Å².